The molecule has 2 nitrogen and oxygen atoms in total. The van der Waals surface area contributed by atoms with Crippen molar-refractivity contribution < 1.29 is 4.39 Å². The maximum atomic E-state index is 13.9. The lowest BCUT2D eigenvalue weighted by molar-refractivity contribution is 0.561. The van der Waals surface area contributed by atoms with E-state index in [4.69, 9.17) is 17.4 Å². The zero-order valence-corrected chi connectivity index (χ0v) is 10.8. The minimum absolute atomic E-state index is 0.106. The van der Waals surface area contributed by atoms with Crippen molar-refractivity contribution in [2.24, 2.45) is 5.84 Å². The van der Waals surface area contributed by atoms with Gasteiger partial charge in [-0.2, -0.15) is 0 Å². The molecule has 0 aliphatic carbocycles. The number of rotatable bonds is 3. The number of aryl methyl sites for hydroxylation is 1. The molecule has 0 radical (unpaired) electrons. The quantitative estimate of drug-likeness (QED) is 0.663. The fraction of sp³-hybridized carbons (Fsp3) is 0.167. The third-order valence-electron chi connectivity index (χ3n) is 2.54. The SMILES string of the molecule is Cc1cc(C(NN)c2cccc(Cl)c2F)cs1. The average molecular weight is 271 g/mol. The van der Waals surface area contributed by atoms with Crippen molar-refractivity contribution in [1.82, 2.24) is 5.43 Å². The van der Waals surface area contributed by atoms with Gasteiger partial charge in [-0.05, 0) is 30.0 Å². The highest BCUT2D eigenvalue weighted by molar-refractivity contribution is 7.10. The third-order valence-corrected chi connectivity index (χ3v) is 3.71. The zero-order chi connectivity index (χ0) is 12.4. The molecule has 0 fully saturated rings. The van der Waals surface area contributed by atoms with Crippen LogP contribution in [0.3, 0.4) is 0 Å². The summed E-state index contributed by atoms with van der Waals surface area (Å²) in [4.78, 5) is 1.16. The first-order chi connectivity index (χ1) is 8.13. The van der Waals surface area contributed by atoms with Crippen molar-refractivity contribution >= 4 is 22.9 Å². The number of nitrogens with two attached hydrogens (primary N) is 1. The van der Waals surface area contributed by atoms with Crippen molar-refractivity contribution in [2.45, 2.75) is 13.0 Å². The minimum Gasteiger partial charge on any atom is -0.271 e. The van der Waals surface area contributed by atoms with Gasteiger partial charge in [0.2, 0.25) is 0 Å². The molecule has 1 aromatic heterocycles. The van der Waals surface area contributed by atoms with E-state index < -0.39 is 5.82 Å². The van der Waals surface area contributed by atoms with Crippen LogP contribution in [0.25, 0.3) is 0 Å². The lowest BCUT2D eigenvalue weighted by Crippen LogP contribution is -2.29. The molecule has 17 heavy (non-hydrogen) atoms. The van der Waals surface area contributed by atoms with Gasteiger partial charge in [0.25, 0.3) is 0 Å². The summed E-state index contributed by atoms with van der Waals surface area (Å²) in [5, 5.41) is 2.06. The molecule has 0 aliphatic rings. The first-order valence-corrected chi connectivity index (χ1v) is 6.34. The number of hydrazine groups is 1. The van der Waals surface area contributed by atoms with Gasteiger partial charge in [0.05, 0.1) is 11.1 Å². The van der Waals surface area contributed by atoms with Crippen LogP contribution in [0.5, 0.6) is 0 Å². The molecule has 2 rings (SSSR count). The minimum atomic E-state index is -0.430. The third kappa shape index (κ3) is 2.50. The zero-order valence-electron chi connectivity index (χ0n) is 9.21. The van der Waals surface area contributed by atoms with Crippen molar-refractivity contribution in [3.63, 3.8) is 0 Å². The first kappa shape index (κ1) is 12.5. The van der Waals surface area contributed by atoms with Crippen molar-refractivity contribution in [1.29, 1.82) is 0 Å². The second-order valence-electron chi connectivity index (χ2n) is 3.73. The Labute approximate surface area is 108 Å². The van der Waals surface area contributed by atoms with E-state index in [0.29, 0.717) is 5.56 Å². The Morgan fingerprint density at radius 1 is 1.47 bits per heavy atom. The summed E-state index contributed by atoms with van der Waals surface area (Å²) in [5.74, 6) is 5.08. The van der Waals surface area contributed by atoms with Gasteiger partial charge in [-0.25, -0.2) is 9.82 Å². The number of hydrogen-bond acceptors (Lipinski definition) is 3. The van der Waals surface area contributed by atoms with E-state index in [1.807, 2.05) is 18.4 Å². The normalized spacial score (nSPS) is 12.7. The molecule has 0 saturated heterocycles. The Bertz CT molecular complexity index is 527. The molecule has 90 valence electrons. The predicted octanol–water partition coefficient (Wildman–Crippen LogP) is 3.40. The molecule has 5 heteroatoms. The Balaban J connectivity index is 2.45. The summed E-state index contributed by atoms with van der Waals surface area (Å²) < 4.78 is 13.9. The van der Waals surface area contributed by atoms with Gasteiger partial charge >= 0.3 is 0 Å². The molecule has 1 atom stereocenters. The predicted molar refractivity (Wildman–Crippen MR) is 69.6 cm³/mol. The number of benzene rings is 1. The van der Waals surface area contributed by atoms with Crippen LogP contribution < -0.4 is 11.3 Å². The second kappa shape index (κ2) is 5.14. The van der Waals surface area contributed by atoms with Crippen LogP contribution in [0.2, 0.25) is 5.02 Å². The fourth-order valence-corrected chi connectivity index (χ4v) is 2.64. The summed E-state index contributed by atoms with van der Waals surface area (Å²) in [6, 6.07) is 6.52. The average Bonchev–Trinajstić information content (AvgIpc) is 2.72. The Morgan fingerprint density at radius 3 is 2.82 bits per heavy atom. The Morgan fingerprint density at radius 2 is 2.24 bits per heavy atom. The van der Waals surface area contributed by atoms with E-state index in [0.717, 1.165) is 10.4 Å². The van der Waals surface area contributed by atoms with E-state index >= 15 is 0 Å². The van der Waals surface area contributed by atoms with Gasteiger partial charge in [-0.3, -0.25) is 5.84 Å². The van der Waals surface area contributed by atoms with E-state index in [-0.39, 0.29) is 11.1 Å². The molecule has 0 amide bonds. The molecule has 1 unspecified atom stereocenters. The van der Waals surface area contributed by atoms with Crippen LogP contribution in [0.15, 0.2) is 29.6 Å². The van der Waals surface area contributed by atoms with E-state index in [1.54, 1.807) is 23.5 Å². The number of hydrogen-bond donors (Lipinski definition) is 2. The molecular weight excluding hydrogens is 259 g/mol. The fourth-order valence-electron chi connectivity index (χ4n) is 1.72. The molecule has 0 spiro atoms. The van der Waals surface area contributed by atoms with Crippen LogP contribution in [0.1, 0.15) is 22.0 Å². The molecule has 0 bridgehead atoms. The smallest absolute Gasteiger partial charge is 0.146 e. The maximum absolute atomic E-state index is 13.9. The monoisotopic (exact) mass is 270 g/mol. The van der Waals surface area contributed by atoms with Crippen LogP contribution in [0, 0.1) is 12.7 Å². The number of halogens is 2. The maximum Gasteiger partial charge on any atom is 0.146 e. The topological polar surface area (TPSA) is 38.0 Å². The highest BCUT2D eigenvalue weighted by atomic mass is 35.5. The van der Waals surface area contributed by atoms with Crippen LogP contribution >= 0.6 is 22.9 Å². The summed E-state index contributed by atoms with van der Waals surface area (Å²) in [5.41, 5.74) is 4.02. The Kier molecular flexibility index (Phi) is 3.79. The number of thiophene rings is 1. The van der Waals surface area contributed by atoms with E-state index in [1.165, 1.54) is 6.07 Å². The summed E-state index contributed by atoms with van der Waals surface area (Å²) in [6.45, 7) is 2.00. The lowest BCUT2D eigenvalue weighted by atomic mass is 10.0. The highest BCUT2D eigenvalue weighted by Crippen LogP contribution is 2.29. The van der Waals surface area contributed by atoms with Crippen LogP contribution in [-0.4, -0.2) is 0 Å². The van der Waals surface area contributed by atoms with Gasteiger partial charge in [-0.15, -0.1) is 11.3 Å². The summed E-state index contributed by atoms with van der Waals surface area (Å²) in [7, 11) is 0. The van der Waals surface area contributed by atoms with Gasteiger partial charge in [0, 0.05) is 10.4 Å². The first-order valence-electron chi connectivity index (χ1n) is 5.08. The molecule has 0 saturated carbocycles. The molecule has 1 heterocycles. The molecule has 3 N–H and O–H groups in total. The summed E-state index contributed by atoms with van der Waals surface area (Å²) in [6.07, 6.45) is 0. The van der Waals surface area contributed by atoms with Crippen molar-refractivity contribution in [3.05, 3.63) is 56.5 Å². The second-order valence-corrected chi connectivity index (χ2v) is 5.26. The van der Waals surface area contributed by atoms with Gasteiger partial charge in [0.15, 0.2) is 0 Å². The van der Waals surface area contributed by atoms with Crippen LogP contribution in [-0.2, 0) is 0 Å². The molecule has 0 aliphatic heterocycles. The van der Waals surface area contributed by atoms with E-state index in [2.05, 4.69) is 5.43 Å². The van der Waals surface area contributed by atoms with E-state index in [9.17, 15) is 4.39 Å². The van der Waals surface area contributed by atoms with Crippen molar-refractivity contribution in [3.8, 4) is 0 Å². The van der Waals surface area contributed by atoms with Crippen LogP contribution in [0.4, 0.5) is 4.39 Å². The number of nitrogens with one attached hydrogen (secondary N) is 1. The van der Waals surface area contributed by atoms with Gasteiger partial charge in [0.1, 0.15) is 5.82 Å². The molecule has 2 aromatic rings. The molecule has 1 aromatic carbocycles. The summed E-state index contributed by atoms with van der Waals surface area (Å²) >= 11 is 7.37. The van der Waals surface area contributed by atoms with Gasteiger partial charge in [-0.1, -0.05) is 23.7 Å². The molecular formula is C12H12ClFN2S. The van der Waals surface area contributed by atoms with Gasteiger partial charge < -0.3 is 0 Å². The standard InChI is InChI=1S/C12H12ClFN2S/c1-7-5-8(6-17-7)12(16-15)9-3-2-4-10(13)11(9)14/h2-6,12,16H,15H2,1H3. The highest BCUT2D eigenvalue weighted by Gasteiger charge is 2.18. The Hall–Kier alpha value is -0.940. The van der Waals surface area contributed by atoms with Crippen molar-refractivity contribution in [2.75, 3.05) is 0 Å². The lowest BCUT2D eigenvalue weighted by Gasteiger charge is -2.16. The largest absolute Gasteiger partial charge is 0.271 e.